The van der Waals surface area contributed by atoms with Gasteiger partial charge < -0.3 is 10.6 Å². The summed E-state index contributed by atoms with van der Waals surface area (Å²) in [5.41, 5.74) is 5.98. The second-order valence-electron chi connectivity index (χ2n) is 5.49. The lowest BCUT2D eigenvalue weighted by atomic mass is 9.91. The molecule has 0 spiro atoms. The molecule has 1 aliphatic rings. The summed E-state index contributed by atoms with van der Waals surface area (Å²) in [6.45, 7) is 9.14. The van der Waals surface area contributed by atoms with Crippen molar-refractivity contribution in [1.82, 2.24) is 4.90 Å². The van der Waals surface area contributed by atoms with Crippen LogP contribution in [0.4, 0.5) is 0 Å². The Morgan fingerprint density at radius 1 is 1.24 bits per heavy atom. The standard InChI is InChI=1S/C13H26N2O.ClH/c1-9(2)10(3)13(16)15-8-6-5-7-12(15)11(4)14;/h9-12H,5-8,14H2,1-4H3;1H. The topological polar surface area (TPSA) is 46.3 Å². The van der Waals surface area contributed by atoms with E-state index in [1.165, 1.54) is 6.42 Å². The molecule has 2 N–H and O–H groups in total. The van der Waals surface area contributed by atoms with Gasteiger partial charge in [0.25, 0.3) is 0 Å². The SMILES string of the molecule is CC(C)C(C)C(=O)N1CCCCC1C(C)N.Cl. The van der Waals surface area contributed by atoms with Crippen LogP contribution in [-0.4, -0.2) is 29.4 Å². The summed E-state index contributed by atoms with van der Waals surface area (Å²) in [6, 6.07) is 0.339. The van der Waals surface area contributed by atoms with Crippen LogP contribution in [0, 0.1) is 11.8 Å². The molecule has 1 amide bonds. The summed E-state index contributed by atoms with van der Waals surface area (Å²) in [7, 11) is 0. The Bertz CT molecular complexity index is 244. The molecule has 3 atom stereocenters. The lowest BCUT2D eigenvalue weighted by molar-refractivity contribution is -0.140. The number of hydrogen-bond donors (Lipinski definition) is 1. The zero-order valence-corrected chi connectivity index (χ0v) is 12.3. The van der Waals surface area contributed by atoms with Gasteiger partial charge in [0, 0.05) is 24.5 Å². The first kappa shape index (κ1) is 16.7. The van der Waals surface area contributed by atoms with Gasteiger partial charge in [-0.1, -0.05) is 20.8 Å². The van der Waals surface area contributed by atoms with Gasteiger partial charge in [-0.25, -0.2) is 0 Å². The van der Waals surface area contributed by atoms with Gasteiger partial charge >= 0.3 is 0 Å². The van der Waals surface area contributed by atoms with Crippen molar-refractivity contribution in [2.24, 2.45) is 17.6 Å². The van der Waals surface area contributed by atoms with Gasteiger partial charge in [0.1, 0.15) is 0 Å². The number of hydrogen-bond acceptors (Lipinski definition) is 2. The van der Waals surface area contributed by atoms with E-state index in [0.29, 0.717) is 5.92 Å². The quantitative estimate of drug-likeness (QED) is 0.849. The molecule has 1 fully saturated rings. The molecule has 0 saturated carbocycles. The van der Waals surface area contributed by atoms with Crippen molar-refractivity contribution in [3.05, 3.63) is 0 Å². The Kier molecular flexibility index (Phi) is 7.10. The van der Waals surface area contributed by atoms with E-state index in [-0.39, 0.29) is 36.3 Å². The van der Waals surface area contributed by atoms with Gasteiger partial charge in [-0.3, -0.25) is 4.79 Å². The Hall–Kier alpha value is -0.280. The van der Waals surface area contributed by atoms with Crippen LogP contribution >= 0.6 is 12.4 Å². The van der Waals surface area contributed by atoms with Crippen LogP contribution in [0.15, 0.2) is 0 Å². The fraction of sp³-hybridized carbons (Fsp3) is 0.923. The zero-order valence-electron chi connectivity index (χ0n) is 11.5. The fourth-order valence-corrected chi connectivity index (χ4v) is 2.32. The first-order valence-corrected chi connectivity index (χ1v) is 6.51. The van der Waals surface area contributed by atoms with Crippen LogP contribution in [0.2, 0.25) is 0 Å². The molecule has 102 valence electrons. The first-order chi connectivity index (χ1) is 7.45. The molecule has 0 aromatic heterocycles. The van der Waals surface area contributed by atoms with Gasteiger partial charge in [0.15, 0.2) is 0 Å². The lowest BCUT2D eigenvalue weighted by Crippen LogP contribution is -2.53. The Labute approximate surface area is 112 Å². The molecule has 17 heavy (non-hydrogen) atoms. The van der Waals surface area contributed by atoms with E-state index in [2.05, 4.69) is 13.8 Å². The summed E-state index contributed by atoms with van der Waals surface area (Å²) in [5.74, 6) is 0.805. The Morgan fingerprint density at radius 3 is 2.29 bits per heavy atom. The van der Waals surface area contributed by atoms with E-state index in [9.17, 15) is 4.79 Å². The van der Waals surface area contributed by atoms with Crippen LogP contribution in [0.3, 0.4) is 0 Å². The second kappa shape index (κ2) is 7.22. The third kappa shape index (κ3) is 4.14. The molecular formula is C13H27ClN2O. The van der Waals surface area contributed by atoms with Crippen molar-refractivity contribution in [2.75, 3.05) is 6.54 Å². The number of likely N-dealkylation sites (tertiary alicyclic amines) is 1. The highest BCUT2D eigenvalue weighted by Gasteiger charge is 2.32. The van der Waals surface area contributed by atoms with E-state index in [4.69, 9.17) is 5.73 Å². The largest absolute Gasteiger partial charge is 0.338 e. The summed E-state index contributed by atoms with van der Waals surface area (Å²) in [5, 5.41) is 0. The maximum atomic E-state index is 12.3. The predicted octanol–water partition coefficient (Wildman–Crippen LogP) is 2.43. The highest BCUT2D eigenvalue weighted by molar-refractivity contribution is 5.85. The smallest absolute Gasteiger partial charge is 0.225 e. The molecule has 0 aromatic carbocycles. The summed E-state index contributed by atoms with van der Waals surface area (Å²) in [4.78, 5) is 14.4. The number of amides is 1. The number of piperidine rings is 1. The molecule has 1 heterocycles. The van der Waals surface area contributed by atoms with Crippen molar-refractivity contribution >= 4 is 18.3 Å². The minimum atomic E-state index is 0. The maximum Gasteiger partial charge on any atom is 0.225 e. The first-order valence-electron chi connectivity index (χ1n) is 6.51. The predicted molar refractivity (Wildman–Crippen MR) is 74.3 cm³/mol. The van der Waals surface area contributed by atoms with Crippen LogP contribution in [0.25, 0.3) is 0 Å². The maximum absolute atomic E-state index is 12.3. The van der Waals surface area contributed by atoms with Crippen LogP contribution in [-0.2, 0) is 4.79 Å². The third-order valence-corrected chi connectivity index (χ3v) is 3.83. The molecule has 1 rings (SSSR count). The molecular weight excluding hydrogens is 236 g/mol. The molecule has 1 aliphatic heterocycles. The second-order valence-corrected chi connectivity index (χ2v) is 5.49. The zero-order chi connectivity index (χ0) is 12.3. The third-order valence-electron chi connectivity index (χ3n) is 3.83. The van der Waals surface area contributed by atoms with E-state index < -0.39 is 0 Å². The van der Waals surface area contributed by atoms with Crippen LogP contribution < -0.4 is 5.73 Å². The van der Waals surface area contributed by atoms with Crippen molar-refractivity contribution < 1.29 is 4.79 Å². The number of nitrogens with zero attached hydrogens (tertiary/aromatic N) is 1. The van der Waals surface area contributed by atoms with E-state index in [0.717, 1.165) is 19.4 Å². The van der Waals surface area contributed by atoms with Gasteiger partial charge in [-0.2, -0.15) is 0 Å². The average Bonchev–Trinajstić information content (AvgIpc) is 2.26. The van der Waals surface area contributed by atoms with Crippen molar-refractivity contribution in [3.63, 3.8) is 0 Å². The number of nitrogens with two attached hydrogens (primary N) is 1. The molecule has 0 bridgehead atoms. The molecule has 4 heteroatoms. The highest BCUT2D eigenvalue weighted by Crippen LogP contribution is 2.23. The Morgan fingerprint density at radius 2 is 1.82 bits per heavy atom. The summed E-state index contributed by atoms with van der Waals surface area (Å²) < 4.78 is 0. The minimum Gasteiger partial charge on any atom is -0.338 e. The highest BCUT2D eigenvalue weighted by atomic mass is 35.5. The molecule has 0 radical (unpaired) electrons. The lowest BCUT2D eigenvalue weighted by Gasteiger charge is -2.40. The molecule has 3 nitrogen and oxygen atoms in total. The van der Waals surface area contributed by atoms with E-state index in [1.807, 2.05) is 18.7 Å². The molecule has 3 unspecified atom stereocenters. The summed E-state index contributed by atoms with van der Waals surface area (Å²) in [6.07, 6.45) is 3.39. The number of halogens is 1. The van der Waals surface area contributed by atoms with Gasteiger partial charge in [-0.15, -0.1) is 12.4 Å². The van der Waals surface area contributed by atoms with Gasteiger partial charge in [0.05, 0.1) is 0 Å². The van der Waals surface area contributed by atoms with Crippen molar-refractivity contribution in [3.8, 4) is 0 Å². The van der Waals surface area contributed by atoms with Gasteiger partial charge in [-0.05, 0) is 32.1 Å². The van der Waals surface area contributed by atoms with Crippen LogP contribution in [0.1, 0.15) is 47.0 Å². The van der Waals surface area contributed by atoms with E-state index >= 15 is 0 Å². The monoisotopic (exact) mass is 262 g/mol. The molecule has 0 aromatic rings. The number of carbonyl (C=O) groups excluding carboxylic acids is 1. The van der Waals surface area contributed by atoms with Gasteiger partial charge in [0.2, 0.25) is 5.91 Å². The molecule has 1 saturated heterocycles. The van der Waals surface area contributed by atoms with Crippen molar-refractivity contribution in [2.45, 2.75) is 59.0 Å². The van der Waals surface area contributed by atoms with Crippen LogP contribution in [0.5, 0.6) is 0 Å². The molecule has 0 aliphatic carbocycles. The Balaban J connectivity index is 0.00000256. The normalized spacial score (nSPS) is 24.1. The summed E-state index contributed by atoms with van der Waals surface area (Å²) >= 11 is 0. The number of carbonyl (C=O) groups is 1. The van der Waals surface area contributed by atoms with Crippen molar-refractivity contribution in [1.29, 1.82) is 0 Å². The fourth-order valence-electron chi connectivity index (χ4n) is 2.32. The van der Waals surface area contributed by atoms with E-state index in [1.54, 1.807) is 0 Å². The number of rotatable bonds is 3. The average molecular weight is 263 g/mol. The minimum absolute atomic E-state index is 0.